The smallest absolute Gasteiger partial charge is 0.326 e. The second-order valence-corrected chi connectivity index (χ2v) is 30.3. The zero-order valence-electron chi connectivity index (χ0n) is 67.7. The number of carbonyl (C=O) groups excluding carboxylic acids is 16. The van der Waals surface area contributed by atoms with Gasteiger partial charge in [-0.05, 0) is 174 Å². The third-order valence-electron chi connectivity index (χ3n) is 20.2. The number of likely N-dealkylation sites (tertiary alicyclic amines) is 3. The van der Waals surface area contributed by atoms with Crippen LogP contribution in [0.1, 0.15) is 196 Å². The summed E-state index contributed by atoms with van der Waals surface area (Å²) in [7, 11) is 0. The van der Waals surface area contributed by atoms with Crippen molar-refractivity contribution >= 4 is 112 Å². The molecule has 654 valence electrons. The highest BCUT2D eigenvalue weighted by atomic mass is 16.4. The highest BCUT2D eigenvalue weighted by Crippen LogP contribution is 2.26. The van der Waals surface area contributed by atoms with Gasteiger partial charge in [0.05, 0.1) is 6.04 Å². The molecule has 0 aromatic rings. The Morgan fingerprint density at radius 1 is 0.371 bits per heavy atom. The third-order valence-corrected chi connectivity index (χ3v) is 20.2. The molecule has 116 heavy (non-hydrogen) atoms. The number of hydrogen-bond donors (Lipinski definition) is 22. The summed E-state index contributed by atoms with van der Waals surface area (Å²) in [5.74, 6) is -17.4. The summed E-state index contributed by atoms with van der Waals surface area (Å²) in [4.78, 5) is 248. The molecule has 0 saturated carbocycles. The minimum Gasteiger partial charge on any atom is -0.481 e. The molecule has 0 aromatic carbocycles. The molecule has 0 bridgehead atoms. The molecule has 0 spiro atoms. The van der Waals surface area contributed by atoms with E-state index in [1.165, 1.54) is 35.5 Å². The number of primary amides is 2. The van der Waals surface area contributed by atoms with Crippen molar-refractivity contribution in [1.29, 1.82) is 5.41 Å². The van der Waals surface area contributed by atoms with Gasteiger partial charge in [-0.1, -0.05) is 34.1 Å². The molecule has 3 heterocycles. The third kappa shape index (κ3) is 33.4. The number of aliphatic carboxylic acids is 2. The van der Waals surface area contributed by atoms with Crippen LogP contribution >= 0.6 is 0 Å². The van der Waals surface area contributed by atoms with Crippen LogP contribution < -0.4 is 104 Å². The van der Waals surface area contributed by atoms with Crippen LogP contribution in [0.25, 0.3) is 0 Å². The maximum absolute atomic E-state index is 14.8. The Bertz CT molecular complexity index is 3420. The second-order valence-electron chi connectivity index (χ2n) is 30.3. The Kier molecular flexibility index (Phi) is 43.7. The highest BCUT2D eigenvalue weighted by Gasteiger charge is 2.45. The lowest BCUT2D eigenvalue weighted by Crippen LogP contribution is -2.61. The van der Waals surface area contributed by atoms with Gasteiger partial charge >= 0.3 is 11.9 Å². The summed E-state index contributed by atoms with van der Waals surface area (Å²) < 4.78 is 0. The molecule has 15 atom stereocenters. The van der Waals surface area contributed by atoms with E-state index >= 15 is 0 Å². The molecule has 3 fully saturated rings. The second kappa shape index (κ2) is 50.8. The molecule has 43 heteroatoms. The molecule has 3 aliphatic rings. The molecule has 0 aliphatic carbocycles. The first-order valence-corrected chi connectivity index (χ1v) is 39.9. The first-order valence-electron chi connectivity index (χ1n) is 39.9. The number of amides is 16. The largest absolute Gasteiger partial charge is 0.481 e. The van der Waals surface area contributed by atoms with E-state index in [-0.39, 0.29) is 136 Å². The van der Waals surface area contributed by atoms with Gasteiger partial charge in [-0.25, -0.2) is 4.79 Å². The van der Waals surface area contributed by atoms with Crippen LogP contribution in [-0.4, -0.2) is 274 Å². The molecule has 16 amide bonds. The summed E-state index contributed by atoms with van der Waals surface area (Å²) >= 11 is 0. The molecule has 0 unspecified atom stereocenters. The van der Waals surface area contributed by atoms with Crippen molar-refractivity contribution in [1.82, 2.24) is 78.5 Å². The van der Waals surface area contributed by atoms with E-state index < -0.39 is 228 Å². The number of nitrogens with one attached hydrogen (secondary N) is 13. The van der Waals surface area contributed by atoms with Crippen LogP contribution in [0.2, 0.25) is 0 Å². The molecule has 43 nitrogen and oxygen atoms in total. The van der Waals surface area contributed by atoms with Crippen molar-refractivity contribution in [2.75, 3.05) is 45.8 Å². The van der Waals surface area contributed by atoms with Gasteiger partial charge in [0.15, 0.2) is 5.96 Å². The number of guanidine groups is 1. The molecule has 0 aromatic heterocycles. The first kappa shape index (κ1) is 99.8. The summed E-state index contributed by atoms with van der Waals surface area (Å²) in [5, 5.41) is 57.6. The summed E-state index contributed by atoms with van der Waals surface area (Å²) in [6.45, 7) is 11.2. The average molecular weight is 1650 g/mol. The highest BCUT2D eigenvalue weighted by molar-refractivity contribution is 6.01. The minimum absolute atomic E-state index is 0.00456. The Morgan fingerprint density at radius 3 is 1.16 bits per heavy atom. The monoisotopic (exact) mass is 1650 g/mol. The Balaban J connectivity index is 1.82. The maximum Gasteiger partial charge on any atom is 0.326 e. The van der Waals surface area contributed by atoms with E-state index in [4.69, 9.17) is 45.5 Å². The van der Waals surface area contributed by atoms with E-state index in [1.807, 2.05) is 0 Å². The number of carboxylic acids is 2. The fraction of sp³-hybridized carbons (Fsp3) is 0.740. The van der Waals surface area contributed by atoms with Crippen molar-refractivity contribution in [3.63, 3.8) is 0 Å². The van der Waals surface area contributed by atoms with Gasteiger partial charge in [0.1, 0.15) is 84.6 Å². The fourth-order valence-electron chi connectivity index (χ4n) is 13.4. The maximum atomic E-state index is 14.8. The van der Waals surface area contributed by atoms with Crippen molar-refractivity contribution in [2.24, 2.45) is 52.0 Å². The van der Waals surface area contributed by atoms with Crippen LogP contribution in [0.4, 0.5) is 0 Å². The lowest BCUT2D eigenvalue weighted by Gasteiger charge is -2.33. The van der Waals surface area contributed by atoms with Crippen LogP contribution in [0.3, 0.4) is 0 Å². The van der Waals surface area contributed by atoms with Crippen molar-refractivity contribution in [3.8, 4) is 0 Å². The molecule has 29 N–H and O–H groups in total. The normalized spacial score (nSPS) is 18.3. The summed E-state index contributed by atoms with van der Waals surface area (Å²) in [6, 6.07) is -19.9. The summed E-state index contributed by atoms with van der Waals surface area (Å²) in [6.07, 6.45) is 1.64. The minimum atomic E-state index is -1.55. The zero-order chi connectivity index (χ0) is 87.2. The average Bonchev–Trinajstić information content (AvgIpc) is 1.63. The number of rotatable bonds is 53. The van der Waals surface area contributed by atoms with Gasteiger partial charge in [0.25, 0.3) is 0 Å². The van der Waals surface area contributed by atoms with Crippen molar-refractivity contribution < 1.29 is 96.5 Å². The van der Waals surface area contributed by atoms with Crippen molar-refractivity contribution in [3.05, 3.63) is 0 Å². The molecular weight excluding hydrogens is 1520 g/mol. The lowest BCUT2D eigenvalue weighted by atomic mass is 10.0. The first-order chi connectivity index (χ1) is 54.7. The predicted octanol–water partition coefficient (Wildman–Crippen LogP) is -6.88. The van der Waals surface area contributed by atoms with Gasteiger partial charge in [0, 0.05) is 45.4 Å². The van der Waals surface area contributed by atoms with Crippen LogP contribution in [0.15, 0.2) is 0 Å². The molecule has 3 saturated heterocycles. The Morgan fingerprint density at radius 2 is 0.716 bits per heavy atom. The van der Waals surface area contributed by atoms with Gasteiger partial charge < -0.3 is 129 Å². The SMILES string of the molecule is CC(C)[C@H](NC(=O)[C@H](CCCCN)NC(=O)[C@H](CCCNC(=N)N)NC(=O)[C@@H]1CCCN1C(=O)[C@H](CCCCN)NC(=O)[C@H](C)NC(=O)[C@H](CCC(N)=O)NC(=O)[C@@H]1CCCN1C(=O)[C@@H](NC(=O)[C@@H]1CCCN1C(=O)[C@H](CCC(=O)O)NC(=O)[C@@H](N)CCCCN)C(C)C)C(=O)N[C@@H](C)C(=O)N[C@@H](C)C(=O)N[C@H](CCC(N)=O)C(=O)O. The molecule has 3 aliphatic heterocycles. The number of carbonyl (C=O) groups is 18. The Labute approximate surface area is 674 Å². The fourth-order valence-corrected chi connectivity index (χ4v) is 13.4. The number of nitrogens with zero attached hydrogens (tertiary/aromatic N) is 3. The van der Waals surface area contributed by atoms with Gasteiger partial charge in [0.2, 0.25) is 94.5 Å². The topological polar surface area (TPSA) is 708 Å². The van der Waals surface area contributed by atoms with Crippen LogP contribution in [0.5, 0.6) is 0 Å². The predicted molar refractivity (Wildman–Crippen MR) is 419 cm³/mol. The number of unbranched alkanes of at least 4 members (excludes halogenated alkanes) is 3. The van der Waals surface area contributed by atoms with Gasteiger partial charge in [-0.2, -0.15) is 0 Å². The zero-order valence-corrected chi connectivity index (χ0v) is 67.7. The van der Waals surface area contributed by atoms with E-state index in [1.54, 1.807) is 27.7 Å². The standard InChI is InChI=1S/C73H127N23O20/c1-38(2)56(68(111)85-40(5)58(101)83-41(6)60(103)91-49(72(115)116)26-29-54(79)98)92-64(107)44(19-9-12-32-75)86-63(106)45(21-14-34-82-73(80)81)87-65(108)50-22-15-35-94(50)69(112)47(20-10-13-33-76)89-59(102)42(7)84-62(105)46(25-28-53(78)97)88-66(109)51-23-17-37-96(51)71(114)57(39(3)4)93-67(110)52-24-16-36-95(52)70(113)48(27-30-55(99)100)90-61(104)43(77)18-8-11-31-74/h38-52,56-57H,8-37,74-77H2,1-7H3,(H2,78,97)(H2,79,98)(H,83,101)(H,84,105)(H,85,111)(H,86,106)(H,87,108)(H,88,109)(H,89,102)(H,90,104)(H,91,103)(H,92,107)(H,93,110)(H,99,100)(H,115,116)(H4,80,81,82)/t40-,41-,42-,43-,44-,45-,46-,47-,48-,49+,50-,51-,52-,56-,57-/m0/s1. The molecule has 3 rings (SSSR count). The van der Waals surface area contributed by atoms with E-state index in [2.05, 4.69) is 63.8 Å². The van der Waals surface area contributed by atoms with E-state index in [0.717, 1.165) is 0 Å². The van der Waals surface area contributed by atoms with Crippen LogP contribution in [-0.2, 0) is 86.3 Å². The lowest BCUT2D eigenvalue weighted by molar-refractivity contribution is -0.145. The van der Waals surface area contributed by atoms with E-state index in [9.17, 15) is 96.5 Å². The van der Waals surface area contributed by atoms with Crippen LogP contribution in [0, 0.1) is 17.2 Å². The van der Waals surface area contributed by atoms with Gasteiger partial charge in [-0.3, -0.25) is 86.9 Å². The summed E-state index contributed by atoms with van der Waals surface area (Å²) in [5.41, 5.74) is 39.5. The quantitative estimate of drug-likeness (QED) is 0.0153. The van der Waals surface area contributed by atoms with Gasteiger partial charge in [-0.15, -0.1) is 0 Å². The molecular formula is C73H127N23O20. The van der Waals surface area contributed by atoms with E-state index in [0.29, 0.717) is 45.1 Å². The molecule has 0 radical (unpaired) electrons. The van der Waals surface area contributed by atoms with Crippen molar-refractivity contribution in [2.45, 2.75) is 287 Å². The number of carboxylic acid groups (broad SMARTS) is 2. The Hall–Kier alpha value is -10.4. The number of nitrogens with two attached hydrogens (primary N) is 7. The number of hydrogen-bond acceptors (Lipinski definition) is 23.